The van der Waals surface area contributed by atoms with Crippen LogP contribution in [0.4, 0.5) is 0 Å². The summed E-state index contributed by atoms with van der Waals surface area (Å²) >= 11 is 0. The Kier molecular flexibility index (Phi) is 2.09. The molecule has 2 saturated heterocycles. The Balaban J connectivity index is 1.82. The molecule has 2 saturated carbocycles. The van der Waals surface area contributed by atoms with Crippen molar-refractivity contribution >= 4 is 5.78 Å². The lowest BCUT2D eigenvalue weighted by Gasteiger charge is -2.30. The summed E-state index contributed by atoms with van der Waals surface area (Å²) in [6.45, 7) is 7.82. The molecule has 4 aliphatic rings. The summed E-state index contributed by atoms with van der Waals surface area (Å²) < 4.78 is 11.8. The second kappa shape index (κ2) is 3.30. The van der Waals surface area contributed by atoms with E-state index in [1.54, 1.807) is 6.92 Å². The smallest absolute Gasteiger partial charge is 0.190 e. The molecule has 0 radical (unpaired) electrons. The molecule has 0 aromatic heterocycles. The molecule has 0 aromatic rings. The highest BCUT2D eigenvalue weighted by atomic mass is 16.6. The summed E-state index contributed by atoms with van der Waals surface area (Å²) in [4.78, 5) is 12.5. The van der Waals surface area contributed by atoms with Crippen LogP contribution in [0.2, 0.25) is 0 Å². The van der Waals surface area contributed by atoms with Crippen LogP contribution in [0.1, 0.15) is 33.1 Å². The van der Waals surface area contributed by atoms with Crippen molar-refractivity contribution in [1.82, 2.24) is 0 Å². The number of ketones is 1. The zero-order valence-electron chi connectivity index (χ0n) is 11.4. The molecule has 2 heterocycles. The van der Waals surface area contributed by atoms with Gasteiger partial charge in [0.2, 0.25) is 0 Å². The number of ether oxygens (including phenoxy) is 2. The Labute approximate surface area is 112 Å². The van der Waals surface area contributed by atoms with Crippen LogP contribution in [0.25, 0.3) is 0 Å². The third kappa shape index (κ3) is 1.23. The van der Waals surface area contributed by atoms with Crippen LogP contribution >= 0.6 is 0 Å². The zero-order valence-corrected chi connectivity index (χ0v) is 11.4. The third-order valence-electron chi connectivity index (χ3n) is 5.75. The number of epoxide rings is 1. The maximum Gasteiger partial charge on any atom is 0.190 e. The first-order valence-corrected chi connectivity index (χ1v) is 7.17. The number of fused-ring (bicyclic) bond motifs is 2. The van der Waals surface area contributed by atoms with E-state index < -0.39 is 17.3 Å². The highest BCUT2D eigenvalue weighted by molar-refractivity contribution is 6.02. The summed E-state index contributed by atoms with van der Waals surface area (Å²) in [6.07, 6.45) is 2.03. The number of hydrogen-bond acceptors (Lipinski definition) is 4. The SMILES string of the molecule is C=C1C(=O)[C@@H]2O[C@@]23[C@H](CC[C@]3(C)O)[C@@H]2O[C@H](C)C[C@@H]12. The lowest BCUT2D eigenvalue weighted by atomic mass is 9.80. The Morgan fingerprint density at radius 1 is 1.47 bits per heavy atom. The van der Waals surface area contributed by atoms with Crippen LogP contribution in [0.3, 0.4) is 0 Å². The van der Waals surface area contributed by atoms with Gasteiger partial charge >= 0.3 is 0 Å². The number of carbonyl (C=O) groups is 1. The first kappa shape index (κ1) is 12.1. The van der Waals surface area contributed by atoms with E-state index in [0.717, 1.165) is 12.8 Å². The van der Waals surface area contributed by atoms with E-state index in [0.29, 0.717) is 12.0 Å². The van der Waals surface area contributed by atoms with E-state index in [9.17, 15) is 9.90 Å². The van der Waals surface area contributed by atoms with Crippen LogP contribution in [0.15, 0.2) is 12.2 Å². The summed E-state index contributed by atoms with van der Waals surface area (Å²) in [7, 11) is 0. The van der Waals surface area contributed by atoms with Crippen molar-refractivity contribution in [3.63, 3.8) is 0 Å². The highest BCUT2D eigenvalue weighted by Gasteiger charge is 2.79. The monoisotopic (exact) mass is 264 g/mol. The average molecular weight is 264 g/mol. The molecule has 0 aromatic carbocycles. The fourth-order valence-corrected chi connectivity index (χ4v) is 4.73. The minimum atomic E-state index is -0.928. The van der Waals surface area contributed by atoms with Gasteiger partial charge in [0.15, 0.2) is 11.9 Å². The maximum absolute atomic E-state index is 12.5. The van der Waals surface area contributed by atoms with Gasteiger partial charge in [-0.1, -0.05) is 6.58 Å². The van der Waals surface area contributed by atoms with Gasteiger partial charge in [-0.3, -0.25) is 4.79 Å². The van der Waals surface area contributed by atoms with Gasteiger partial charge in [0.05, 0.1) is 17.8 Å². The van der Waals surface area contributed by atoms with Gasteiger partial charge in [-0.25, -0.2) is 0 Å². The van der Waals surface area contributed by atoms with E-state index in [1.807, 2.05) is 6.92 Å². The molecule has 0 unspecified atom stereocenters. The number of aliphatic hydroxyl groups is 1. The molecule has 1 spiro atoms. The molecule has 4 fully saturated rings. The minimum Gasteiger partial charge on any atom is -0.387 e. The van der Waals surface area contributed by atoms with E-state index >= 15 is 0 Å². The Morgan fingerprint density at radius 2 is 2.21 bits per heavy atom. The second-order valence-corrected chi connectivity index (χ2v) is 6.85. The molecule has 7 atom stereocenters. The summed E-state index contributed by atoms with van der Waals surface area (Å²) in [5.74, 6) is 0.206. The van der Waals surface area contributed by atoms with Crippen LogP contribution in [0.5, 0.6) is 0 Å². The Bertz CT molecular complexity index is 483. The molecule has 2 aliphatic heterocycles. The molecule has 2 aliphatic carbocycles. The molecular weight excluding hydrogens is 244 g/mol. The fourth-order valence-electron chi connectivity index (χ4n) is 4.73. The molecular formula is C15H20O4. The van der Waals surface area contributed by atoms with Crippen LogP contribution < -0.4 is 0 Å². The molecule has 0 amide bonds. The normalized spacial score (nSPS) is 59.4. The summed E-state index contributed by atoms with van der Waals surface area (Å²) in [6, 6.07) is 0. The van der Waals surface area contributed by atoms with Gasteiger partial charge in [0.25, 0.3) is 0 Å². The van der Waals surface area contributed by atoms with Gasteiger partial charge in [-0.2, -0.15) is 0 Å². The first-order valence-electron chi connectivity index (χ1n) is 7.17. The number of rotatable bonds is 0. The molecule has 4 rings (SSSR count). The largest absolute Gasteiger partial charge is 0.387 e. The Morgan fingerprint density at radius 3 is 2.95 bits per heavy atom. The first-order chi connectivity index (χ1) is 8.88. The van der Waals surface area contributed by atoms with Crippen LogP contribution in [-0.2, 0) is 14.3 Å². The van der Waals surface area contributed by atoms with Gasteiger partial charge in [-0.15, -0.1) is 0 Å². The minimum absolute atomic E-state index is 0.0163. The van der Waals surface area contributed by atoms with Crippen molar-refractivity contribution in [2.75, 3.05) is 0 Å². The molecule has 4 nitrogen and oxygen atoms in total. The topological polar surface area (TPSA) is 59.1 Å². The van der Waals surface area contributed by atoms with Gasteiger partial charge in [0, 0.05) is 11.8 Å². The highest BCUT2D eigenvalue weighted by Crippen LogP contribution is 2.64. The van der Waals surface area contributed by atoms with E-state index in [-0.39, 0.29) is 29.8 Å². The lowest BCUT2D eigenvalue weighted by molar-refractivity contribution is -0.117. The van der Waals surface area contributed by atoms with Crippen molar-refractivity contribution in [1.29, 1.82) is 0 Å². The van der Waals surface area contributed by atoms with Crippen molar-refractivity contribution in [2.45, 2.75) is 62.6 Å². The van der Waals surface area contributed by atoms with Crippen LogP contribution in [-0.4, -0.2) is 40.4 Å². The van der Waals surface area contributed by atoms with E-state index in [4.69, 9.17) is 9.47 Å². The summed E-state index contributed by atoms with van der Waals surface area (Å²) in [5.41, 5.74) is -1.000. The third-order valence-corrected chi connectivity index (χ3v) is 5.75. The Hall–Kier alpha value is -0.710. The van der Waals surface area contributed by atoms with Crippen LogP contribution in [0, 0.1) is 11.8 Å². The molecule has 104 valence electrons. The average Bonchev–Trinajstić information content (AvgIpc) is 2.92. The van der Waals surface area contributed by atoms with Gasteiger partial charge < -0.3 is 14.6 Å². The van der Waals surface area contributed by atoms with E-state index in [2.05, 4.69) is 6.58 Å². The molecule has 0 bridgehead atoms. The van der Waals surface area contributed by atoms with Crippen molar-refractivity contribution in [3.8, 4) is 0 Å². The number of hydrogen-bond donors (Lipinski definition) is 1. The standard InChI is InChI=1S/C15H20O4/c1-7-6-9-8(2)11(16)13-15(19-13)10(12(9)18-7)4-5-14(15,3)17/h7,9-10,12-13,17H,2,4-6H2,1,3H3/t7-,9+,10-,12-,13+,14+,15+/m1/s1. The lowest BCUT2D eigenvalue weighted by Crippen LogP contribution is -2.46. The van der Waals surface area contributed by atoms with Gasteiger partial charge in [-0.05, 0) is 38.7 Å². The maximum atomic E-state index is 12.5. The molecule has 1 N–H and O–H groups in total. The second-order valence-electron chi connectivity index (χ2n) is 6.85. The zero-order chi connectivity index (χ0) is 13.6. The van der Waals surface area contributed by atoms with Gasteiger partial charge in [0.1, 0.15) is 5.60 Å². The predicted octanol–water partition coefficient (Wildman–Crippen LogP) is 1.22. The number of carbonyl (C=O) groups excluding carboxylic acids is 1. The van der Waals surface area contributed by atoms with Crippen molar-refractivity contribution in [3.05, 3.63) is 12.2 Å². The quantitative estimate of drug-likeness (QED) is 0.528. The van der Waals surface area contributed by atoms with Crippen molar-refractivity contribution in [2.24, 2.45) is 11.8 Å². The number of Topliss-reactive ketones (excluding diaryl/α,β-unsaturated/α-hetero) is 1. The summed E-state index contributed by atoms with van der Waals surface area (Å²) in [5, 5.41) is 10.6. The van der Waals surface area contributed by atoms with E-state index in [1.165, 1.54) is 0 Å². The predicted molar refractivity (Wildman–Crippen MR) is 67.5 cm³/mol. The molecule has 4 heteroatoms. The van der Waals surface area contributed by atoms with Crippen molar-refractivity contribution < 1.29 is 19.4 Å². The fraction of sp³-hybridized carbons (Fsp3) is 0.800. The molecule has 19 heavy (non-hydrogen) atoms.